The van der Waals surface area contributed by atoms with Gasteiger partial charge in [0.05, 0.1) is 25.6 Å². The molecular formula is C26H23ClN2O5. The molecule has 34 heavy (non-hydrogen) atoms. The monoisotopic (exact) mass is 478 g/mol. The Kier molecular flexibility index (Phi) is 5.67. The number of hydrogen-bond acceptors (Lipinski definition) is 6. The minimum atomic E-state index is -0.994. The number of imide groups is 1. The van der Waals surface area contributed by atoms with Crippen LogP contribution in [0.1, 0.15) is 17.2 Å². The third-order valence-electron chi connectivity index (χ3n) is 6.36. The van der Waals surface area contributed by atoms with E-state index in [1.807, 2.05) is 42.5 Å². The van der Waals surface area contributed by atoms with E-state index in [2.05, 4.69) is 0 Å². The number of hydroxylamine groups is 1. The molecule has 3 aromatic carbocycles. The fourth-order valence-electron chi connectivity index (χ4n) is 4.75. The van der Waals surface area contributed by atoms with Crippen molar-refractivity contribution in [3.05, 3.63) is 82.9 Å². The number of fused-ring (bicyclic) bond motifs is 1. The summed E-state index contributed by atoms with van der Waals surface area (Å²) >= 11 is 6.29. The van der Waals surface area contributed by atoms with Crippen LogP contribution < -0.4 is 19.4 Å². The zero-order valence-corrected chi connectivity index (χ0v) is 19.7. The number of amides is 2. The first kappa shape index (κ1) is 22.3. The molecule has 174 valence electrons. The molecule has 8 heteroatoms. The fraction of sp³-hybridized carbons (Fsp3) is 0.231. The average Bonchev–Trinajstić information content (AvgIpc) is 3.37. The maximum absolute atomic E-state index is 13.9. The van der Waals surface area contributed by atoms with Crippen LogP contribution in [0.5, 0.6) is 11.5 Å². The normalized spacial score (nSPS) is 21.7. The second-order valence-corrected chi connectivity index (χ2v) is 8.54. The lowest BCUT2D eigenvalue weighted by Gasteiger charge is -2.30. The Labute approximate surface area is 202 Å². The number of hydrogen-bond donors (Lipinski definition) is 0. The Balaban J connectivity index is 1.66. The molecule has 0 aromatic heterocycles. The summed E-state index contributed by atoms with van der Waals surface area (Å²) in [5.74, 6) is -0.569. The molecule has 2 heterocycles. The molecule has 7 nitrogen and oxygen atoms in total. The second kappa shape index (κ2) is 8.66. The number of ether oxygens (including phenoxy) is 2. The van der Waals surface area contributed by atoms with Gasteiger partial charge in [0.1, 0.15) is 12.0 Å². The molecule has 2 saturated heterocycles. The highest BCUT2D eigenvalue weighted by Crippen LogP contribution is 2.51. The van der Waals surface area contributed by atoms with Crippen LogP contribution in [-0.4, -0.2) is 32.1 Å². The van der Waals surface area contributed by atoms with E-state index in [4.69, 9.17) is 25.9 Å². The van der Waals surface area contributed by atoms with E-state index in [0.717, 1.165) is 5.69 Å². The predicted octanol–water partition coefficient (Wildman–Crippen LogP) is 4.72. The zero-order chi connectivity index (χ0) is 24.0. The van der Waals surface area contributed by atoms with Crippen LogP contribution in [0.15, 0.2) is 66.7 Å². The van der Waals surface area contributed by atoms with Crippen LogP contribution in [0, 0.1) is 12.8 Å². The first-order chi connectivity index (χ1) is 16.5. The smallest absolute Gasteiger partial charge is 0.266 e. The number of nitrogens with zero attached hydrogens (tertiary/aromatic N) is 2. The summed E-state index contributed by atoms with van der Waals surface area (Å²) in [6.45, 7) is 1.78. The van der Waals surface area contributed by atoms with E-state index in [-0.39, 0.29) is 5.91 Å². The van der Waals surface area contributed by atoms with E-state index >= 15 is 0 Å². The molecule has 2 amide bonds. The Morgan fingerprint density at radius 2 is 1.62 bits per heavy atom. The number of carbonyl (C=O) groups excluding carboxylic acids is 2. The van der Waals surface area contributed by atoms with E-state index in [1.54, 1.807) is 50.5 Å². The van der Waals surface area contributed by atoms with Crippen molar-refractivity contribution in [1.82, 2.24) is 0 Å². The number of rotatable bonds is 5. The van der Waals surface area contributed by atoms with E-state index in [9.17, 15) is 9.59 Å². The minimum Gasteiger partial charge on any atom is -0.493 e. The molecule has 0 saturated carbocycles. The molecule has 0 radical (unpaired) electrons. The minimum absolute atomic E-state index is 0.353. The van der Waals surface area contributed by atoms with Gasteiger partial charge in [-0.2, -0.15) is 0 Å². The summed E-state index contributed by atoms with van der Waals surface area (Å²) in [5, 5.41) is 2.11. The number of methoxy groups -OCH3 is 2. The zero-order valence-electron chi connectivity index (χ0n) is 18.9. The topological polar surface area (TPSA) is 68.3 Å². The largest absolute Gasteiger partial charge is 0.493 e. The van der Waals surface area contributed by atoms with Gasteiger partial charge in [0, 0.05) is 10.6 Å². The second-order valence-electron chi connectivity index (χ2n) is 8.14. The van der Waals surface area contributed by atoms with Gasteiger partial charge in [-0.3, -0.25) is 14.4 Å². The van der Waals surface area contributed by atoms with E-state index in [1.165, 1.54) is 4.90 Å². The van der Waals surface area contributed by atoms with E-state index in [0.29, 0.717) is 33.3 Å². The SMILES string of the molecule is COc1cccc([C@H]2[C@@H]3C(=O)N(c4cccc(Cl)c4C)C(=O)[C@@H]3ON2c2ccccc2)c1OC. The number of benzene rings is 3. The summed E-state index contributed by atoms with van der Waals surface area (Å²) in [4.78, 5) is 34.8. The van der Waals surface area contributed by atoms with Crippen molar-refractivity contribution < 1.29 is 23.9 Å². The molecule has 0 N–H and O–H groups in total. The molecule has 3 aromatic rings. The Morgan fingerprint density at radius 3 is 2.32 bits per heavy atom. The molecule has 2 aliphatic rings. The van der Waals surface area contributed by atoms with Gasteiger partial charge < -0.3 is 9.47 Å². The van der Waals surface area contributed by atoms with Gasteiger partial charge in [-0.1, -0.05) is 48.0 Å². The molecule has 2 aliphatic heterocycles. The third-order valence-corrected chi connectivity index (χ3v) is 6.77. The van der Waals surface area contributed by atoms with Gasteiger partial charge in [0.25, 0.3) is 5.91 Å². The third kappa shape index (κ3) is 3.31. The predicted molar refractivity (Wildman–Crippen MR) is 128 cm³/mol. The number of anilines is 2. The van der Waals surface area contributed by atoms with E-state index < -0.39 is 24.0 Å². The number of halogens is 1. The molecule has 3 atom stereocenters. The van der Waals surface area contributed by atoms with Crippen molar-refractivity contribution in [2.45, 2.75) is 19.1 Å². The Bertz CT molecular complexity index is 1270. The quantitative estimate of drug-likeness (QED) is 0.494. The highest BCUT2D eigenvalue weighted by atomic mass is 35.5. The highest BCUT2D eigenvalue weighted by Gasteiger charge is 2.61. The maximum atomic E-state index is 13.9. The summed E-state index contributed by atoms with van der Waals surface area (Å²) < 4.78 is 11.2. The van der Waals surface area contributed by atoms with Crippen molar-refractivity contribution in [3.63, 3.8) is 0 Å². The fourth-order valence-corrected chi connectivity index (χ4v) is 4.92. The van der Waals surface area contributed by atoms with Crippen LogP contribution in [0.4, 0.5) is 11.4 Å². The van der Waals surface area contributed by atoms with Gasteiger partial charge in [-0.15, -0.1) is 0 Å². The van der Waals surface area contributed by atoms with Crippen LogP contribution in [-0.2, 0) is 14.4 Å². The standard InChI is InChI=1S/C26H23ClN2O5/c1-15-18(27)12-8-13-19(15)28-25(30)21-22(17-11-7-14-20(32-2)23(17)33-3)29(34-24(21)26(28)31)16-9-5-4-6-10-16/h4-14,21-22,24H,1-3H3/t21-,22-,24+/m0/s1. The summed E-state index contributed by atoms with van der Waals surface area (Å²) in [5.41, 5.74) is 2.52. The molecule has 5 rings (SSSR count). The molecule has 0 aliphatic carbocycles. The van der Waals surface area contributed by atoms with Gasteiger partial charge in [0.2, 0.25) is 5.91 Å². The van der Waals surface area contributed by atoms with Gasteiger partial charge in [-0.25, -0.2) is 9.96 Å². The molecule has 0 bridgehead atoms. The van der Waals surface area contributed by atoms with Crippen molar-refractivity contribution in [2.75, 3.05) is 24.2 Å². The number of para-hydroxylation sites is 2. The van der Waals surface area contributed by atoms with Crippen molar-refractivity contribution in [2.24, 2.45) is 5.92 Å². The number of carbonyl (C=O) groups is 2. The van der Waals surface area contributed by atoms with Gasteiger partial charge >= 0.3 is 0 Å². The van der Waals surface area contributed by atoms with Crippen LogP contribution >= 0.6 is 11.6 Å². The Morgan fingerprint density at radius 1 is 0.882 bits per heavy atom. The first-order valence-electron chi connectivity index (χ1n) is 10.8. The first-order valence-corrected chi connectivity index (χ1v) is 11.2. The van der Waals surface area contributed by atoms with Crippen LogP contribution in [0.3, 0.4) is 0 Å². The molecular weight excluding hydrogens is 456 g/mol. The molecule has 0 unspecified atom stereocenters. The lowest BCUT2D eigenvalue weighted by molar-refractivity contribution is -0.126. The summed E-state index contributed by atoms with van der Waals surface area (Å²) in [6.07, 6.45) is -0.994. The van der Waals surface area contributed by atoms with Crippen molar-refractivity contribution in [3.8, 4) is 11.5 Å². The van der Waals surface area contributed by atoms with Crippen molar-refractivity contribution in [1.29, 1.82) is 0 Å². The lowest BCUT2D eigenvalue weighted by atomic mass is 9.89. The lowest BCUT2D eigenvalue weighted by Crippen LogP contribution is -2.37. The average molecular weight is 479 g/mol. The van der Waals surface area contributed by atoms with Crippen molar-refractivity contribution >= 4 is 34.8 Å². The Hall–Kier alpha value is -3.55. The van der Waals surface area contributed by atoms with Gasteiger partial charge in [-0.05, 0) is 42.8 Å². The van der Waals surface area contributed by atoms with Gasteiger partial charge in [0.15, 0.2) is 17.6 Å². The molecule has 2 fully saturated rings. The summed E-state index contributed by atoms with van der Waals surface area (Å²) in [7, 11) is 3.10. The van der Waals surface area contributed by atoms with Crippen LogP contribution in [0.25, 0.3) is 0 Å². The molecule has 0 spiro atoms. The maximum Gasteiger partial charge on any atom is 0.266 e. The highest BCUT2D eigenvalue weighted by molar-refractivity contribution is 6.32. The van der Waals surface area contributed by atoms with Crippen LogP contribution in [0.2, 0.25) is 5.02 Å². The summed E-state index contributed by atoms with van der Waals surface area (Å²) in [6, 6.07) is 19.4.